The molecule has 1 aromatic heterocycles. The number of hydrogen-bond donors (Lipinski definition) is 1. The Morgan fingerprint density at radius 1 is 1.31 bits per heavy atom. The maximum Gasteiger partial charge on any atom is 0.269 e. The monoisotopic (exact) mass is 239 g/mol. The molecule has 0 bridgehead atoms. The van der Waals surface area contributed by atoms with E-state index in [0.29, 0.717) is 0 Å². The maximum absolute atomic E-state index is 10.4. The van der Waals surface area contributed by atoms with Crippen molar-refractivity contribution >= 4 is 18.1 Å². The van der Waals surface area contributed by atoms with E-state index in [2.05, 4.69) is 10.2 Å². The van der Waals surface area contributed by atoms with Crippen LogP contribution in [0, 0.1) is 17.0 Å². The van der Waals surface area contributed by atoms with Gasteiger partial charge >= 0.3 is 0 Å². The van der Waals surface area contributed by atoms with E-state index < -0.39 is 4.92 Å². The number of non-ortho nitro benzene ring substituents is 1. The molecule has 2 rings (SSSR count). The molecule has 0 aliphatic heterocycles. The fourth-order valence-electron chi connectivity index (χ4n) is 1.32. The highest BCUT2D eigenvalue weighted by Crippen LogP contribution is 2.20. The number of H-pyrrole nitrogens is 1. The molecule has 0 saturated heterocycles. The Bertz CT molecular complexity index is 493. The minimum absolute atomic E-state index is 0. The standard InChI is InChI=1S/C10H9N3O2.ClH/c1-7-6-10(12-11-7)8-2-4-9(5-3-8)13(14)15;/h2-6H,1H3,(H,11,12);1H. The van der Waals surface area contributed by atoms with Crippen LogP contribution in [0.3, 0.4) is 0 Å². The second kappa shape index (κ2) is 4.76. The Morgan fingerprint density at radius 2 is 1.94 bits per heavy atom. The molecule has 1 heterocycles. The number of aryl methyl sites for hydroxylation is 1. The molecule has 0 fully saturated rings. The predicted molar refractivity (Wildman–Crippen MR) is 62.7 cm³/mol. The third-order valence-electron chi connectivity index (χ3n) is 2.08. The molecule has 0 spiro atoms. The van der Waals surface area contributed by atoms with Crippen molar-refractivity contribution in [3.63, 3.8) is 0 Å². The van der Waals surface area contributed by atoms with Crippen molar-refractivity contribution in [2.75, 3.05) is 0 Å². The van der Waals surface area contributed by atoms with Crippen molar-refractivity contribution in [1.29, 1.82) is 0 Å². The van der Waals surface area contributed by atoms with Crippen LogP contribution in [0.25, 0.3) is 11.3 Å². The Kier molecular flexibility index (Phi) is 3.63. The van der Waals surface area contributed by atoms with Gasteiger partial charge in [0.05, 0.1) is 10.6 Å². The molecule has 0 radical (unpaired) electrons. The molecule has 0 saturated carbocycles. The van der Waals surface area contributed by atoms with E-state index in [9.17, 15) is 10.1 Å². The van der Waals surface area contributed by atoms with Gasteiger partial charge in [-0.1, -0.05) is 0 Å². The summed E-state index contributed by atoms with van der Waals surface area (Å²) in [6, 6.07) is 8.21. The van der Waals surface area contributed by atoms with E-state index >= 15 is 0 Å². The van der Waals surface area contributed by atoms with Crippen LogP contribution in [0.2, 0.25) is 0 Å². The lowest BCUT2D eigenvalue weighted by atomic mass is 10.1. The summed E-state index contributed by atoms with van der Waals surface area (Å²) in [5.74, 6) is 0. The third-order valence-corrected chi connectivity index (χ3v) is 2.08. The van der Waals surface area contributed by atoms with Crippen LogP contribution in [0.5, 0.6) is 0 Å². The lowest BCUT2D eigenvalue weighted by Gasteiger charge is -1.95. The number of nitrogens with one attached hydrogen (secondary N) is 1. The van der Waals surface area contributed by atoms with Gasteiger partial charge in [0.25, 0.3) is 5.69 Å². The van der Waals surface area contributed by atoms with Crippen molar-refractivity contribution in [3.05, 3.63) is 46.1 Å². The summed E-state index contributed by atoms with van der Waals surface area (Å²) >= 11 is 0. The van der Waals surface area contributed by atoms with Gasteiger partial charge < -0.3 is 0 Å². The van der Waals surface area contributed by atoms with Crippen LogP contribution >= 0.6 is 12.4 Å². The van der Waals surface area contributed by atoms with Crippen LogP contribution in [0.1, 0.15) is 5.69 Å². The second-order valence-electron chi connectivity index (χ2n) is 3.24. The van der Waals surface area contributed by atoms with Crippen molar-refractivity contribution in [2.45, 2.75) is 6.92 Å². The number of nitro benzene ring substituents is 1. The van der Waals surface area contributed by atoms with Gasteiger partial charge in [-0.3, -0.25) is 15.2 Å². The zero-order valence-electron chi connectivity index (χ0n) is 8.51. The first-order chi connectivity index (χ1) is 7.16. The first-order valence-electron chi connectivity index (χ1n) is 4.43. The molecule has 0 aliphatic carbocycles. The molecule has 0 amide bonds. The van der Waals surface area contributed by atoms with Crippen molar-refractivity contribution < 1.29 is 4.92 Å². The number of halogens is 1. The summed E-state index contributed by atoms with van der Waals surface area (Å²) in [6.45, 7) is 1.90. The SMILES string of the molecule is Cc1cc(-c2ccc([N+](=O)[O-])cc2)n[nH]1.Cl. The Morgan fingerprint density at radius 3 is 2.38 bits per heavy atom. The number of nitro groups is 1. The molecule has 1 N–H and O–H groups in total. The number of rotatable bonds is 2. The lowest BCUT2D eigenvalue weighted by molar-refractivity contribution is -0.384. The van der Waals surface area contributed by atoms with E-state index in [-0.39, 0.29) is 18.1 Å². The summed E-state index contributed by atoms with van der Waals surface area (Å²) in [5, 5.41) is 17.3. The number of aromatic nitrogens is 2. The van der Waals surface area contributed by atoms with Gasteiger partial charge in [0.15, 0.2) is 0 Å². The Labute approximate surface area is 98.1 Å². The van der Waals surface area contributed by atoms with Gasteiger partial charge in [-0.15, -0.1) is 12.4 Å². The van der Waals surface area contributed by atoms with Crippen molar-refractivity contribution in [1.82, 2.24) is 10.2 Å². The van der Waals surface area contributed by atoms with Crippen molar-refractivity contribution in [2.24, 2.45) is 0 Å². The molecular formula is C10H10ClN3O2. The molecule has 16 heavy (non-hydrogen) atoms. The second-order valence-corrected chi connectivity index (χ2v) is 3.24. The minimum atomic E-state index is -0.417. The molecule has 0 unspecified atom stereocenters. The molecule has 5 nitrogen and oxygen atoms in total. The summed E-state index contributed by atoms with van der Waals surface area (Å²) in [5.41, 5.74) is 2.71. The lowest BCUT2D eigenvalue weighted by Crippen LogP contribution is -1.87. The molecule has 84 valence electrons. The summed E-state index contributed by atoms with van der Waals surface area (Å²) in [4.78, 5) is 10.0. The van der Waals surface area contributed by atoms with E-state index in [1.165, 1.54) is 12.1 Å². The highest BCUT2D eigenvalue weighted by Gasteiger charge is 2.06. The quantitative estimate of drug-likeness (QED) is 0.647. The maximum atomic E-state index is 10.4. The number of aromatic amines is 1. The van der Waals surface area contributed by atoms with Crippen LogP contribution in [-0.4, -0.2) is 15.1 Å². The van der Waals surface area contributed by atoms with Gasteiger partial charge in [0.2, 0.25) is 0 Å². The van der Waals surface area contributed by atoms with Gasteiger partial charge in [-0.25, -0.2) is 0 Å². The molecule has 2 aromatic rings. The average Bonchev–Trinajstić information content (AvgIpc) is 2.65. The highest BCUT2D eigenvalue weighted by molar-refractivity contribution is 5.85. The van der Waals surface area contributed by atoms with E-state index in [1.54, 1.807) is 12.1 Å². The molecule has 0 atom stereocenters. The largest absolute Gasteiger partial charge is 0.282 e. The van der Waals surface area contributed by atoms with Crippen molar-refractivity contribution in [3.8, 4) is 11.3 Å². The third kappa shape index (κ3) is 2.38. The van der Waals surface area contributed by atoms with Gasteiger partial charge in [-0.2, -0.15) is 5.10 Å². The topological polar surface area (TPSA) is 71.8 Å². The van der Waals surface area contributed by atoms with Crippen LogP contribution in [0.15, 0.2) is 30.3 Å². The fraction of sp³-hybridized carbons (Fsp3) is 0.100. The number of benzene rings is 1. The molecule has 6 heteroatoms. The molecule has 0 aliphatic rings. The van der Waals surface area contributed by atoms with Gasteiger partial charge in [0, 0.05) is 23.4 Å². The Hall–Kier alpha value is -1.88. The van der Waals surface area contributed by atoms with Gasteiger partial charge in [0.1, 0.15) is 0 Å². The molecular weight excluding hydrogens is 230 g/mol. The van der Waals surface area contributed by atoms with Gasteiger partial charge in [-0.05, 0) is 25.1 Å². The summed E-state index contributed by atoms with van der Waals surface area (Å²) in [7, 11) is 0. The van der Waals surface area contributed by atoms with E-state index in [0.717, 1.165) is 17.0 Å². The van der Waals surface area contributed by atoms with Crippen LogP contribution in [-0.2, 0) is 0 Å². The normalized spacial score (nSPS) is 9.56. The zero-order valence-corrected chi connectivity index (χ0v) is 9.32. The van der Waals surface area contributed by atoms with E-state index in [1.807, 2.05) is 13.0 Å². The smallest absolute Gasteiger partial charge is 0.269 e. The predicted octanol–water partition coefficient (Wildman–Crippen LogP) is 2.72. The average molecular weight is 240 g/mol. The summed E-state index contributed by atoms with van der Waals surface area (Å²) in [6.07, 6.45) is 0. The number of nitrogens with zero attached hydrogens (tertiary/aromatic N) is 2. The zero-order chi connectivity index (χ0) is 10.8. The summed E-state index contributed by atoms with van der Waals surface area (Å²) < 4.78 is 0. The van der Waals surface area contributed by atoms with Crippen LogP contribution < -0.4 is 0 Å². The first kappa shape index (κ1) is 12.2. The fourth-order valence-corrected chi connectivity index (χ4v) is 1.32. The highest BCUT2D eigenvalue weighted by atomic mass is 35.5. The molecule has 1 aromatic carbocycles. The van der Waals surface area contributed by atoms with Crippen LogP contribution in [0.4, 0.5) is 5.69 Å². The van der Waals surface area contributed by atoms with E-state index in [4.69, 9.17) is 0 Å². The minimum Gasteiger partial charge on any atom is -0.282 e. The number of hydrogen-bond acceptors (Lipinski definition) is 3. The Balaban J connectivity index is 0.00000128. The first-order valence-corrected chi connectivity index (χ1v) is 4.43.